The first-order chi connectivity index (χ1) is 54.0. The first kappa shape index (κ1) is 78.4. The molecule has 0 saturated carbocycles. The van der Waals surface area contributed by atoms with Crippen LogP contribution >= 0.6 is 0 Å². The van der Waals surface area contributed by atoms with Crippen LogP contribution in [0, 0.1) is 19.7 Å². The summed E-state index contributed by atoms with van der Waals surface area (Å²) in [5.41, 5.74) is -0.582. The predicted molar refractivity (Wildman–Crippen MR) is 408 cm³/mol. The van der Waals surface area contributed by atoms with Crippen molar-refractivity contribution in [2.75, 3.05) is 30.7 Å². The molecule has 0 spiro atoms. The smallest absolute Gasteiger partial charge is 0.322 e. The highest BCUT2D eigenvalue weighted by Crippen LogP contribution is 2.53. The Labute approximate surface area is 644 Å². The molecule has 4 aromatic heterocycles. The Hall–Kier alpha value is -13.7. The molecule has 15 rings (SSSR count). The molecule has 29 heteroatoms. The Morgan fingerprint density at radius 3 is 1.24 bits per heavy atom. The van der Waals surface area contributed by atoms with Gasteiger partial charge in [-0.25, -0.2) is 44.1 Å². The molecule has 114 heavy (non-hydrogen) atoms. The number of aromatic nitrogens is 7. The van der Waals surface area contributed by atoms with Gasteiger partial charge in [-0.2, -0.15) is 39.5 Å². The van der Waals surface area contributed by atoms with Crippen molar-refractivity contribution in [1.82, 2.24) is 34.9 Å². The number of halogens is 10. The quantitative estimate of drug-likeness (QED) is 0.0966. The van der Waals surface area contributed by atoms with E-state index >= 15 is 0 Å². The highest BCUT2D eigenvalue weighted by atomic mass is 19.4. The van der Waals surface area contributed by atoms with Crippen LogP contribution in [-0.4, -0.2) is 70.3 Å². The van der Waals surface area contributed by atoms with Crippen LogP contribution in [0.15, 0.2) is 232 Å². The Balaban J connectivity index is 0.000000149. The Kier molecular flexibility index (Phi) is 20.7. The minimum atomic E-state index is -4.85. The molecule has 0 atom stereocenters. The van der Waals surface area contributed by atoms with E-state index in [1.807, 2.05) is 6.92 Å². The van der Waals surface area contributed by atoms with Gasteiger partial charge < -0.3 is 16.0 Å². The predicted octanol–water partition coefficient (Wildman–Crippen LogP) is 19.3. The number of hydrogen-bond acceptors (Lipinski definition) is 13. The summed E-state index contributed by atoms with van der Waals surface area (Å²) in [5.74, 6) is -3.56. The van der Waals surface area contributed by atoms with E-state index in [1.54, 1.807) is 169 Å². The summed E-state index contributed by atoms with van der Waals surface area (Å²) in [4.78, 5) is 112. The standard InChI is InChI=1S/C29H22F4N4O2.C28H22F3N5O2.C28H21F3N4O2/c1-16-8-10-18(15-22(16)30)36-25(38)20-14-17(9-11-21(20)29(31,32)33)19-6-4-7-23-24(19)28(2,3)26(39)37(23)27-34-12-5-13-35-27;1-16-7-9-18(10-8-16)35-25(37)20-13-17(14-33-24(20)28(29,30)31)19-5-4-6-21-23(19)27(2,3)26(38)36(21)22-11-12-32-15-34-22;1-27(2)23-19(10-6-11-22(23)35(25(27)37)26-32-14-7-15-33-26)17-12-13-21(28(29,30)31)20(16-17)24(36)34-18-8-4-3-5-9-18/h4-15H,1-3H3,(H,36,38);4-15H,1-3H3,(H,35,37);3-16H,1-2H3,(H,34,36). The number of benzene rings is 8. The number of alkyl halides is 9. The third kappa shape index (κ3) is 15.1. The summed E-state index contributed by atoms with van der Waals surface area (Å²) in [6.07, 6.45) is -4.42. The first-order valence-electron chi connectivity index (χ1n) is 35.0. The maximum absolute atomic E-state index is 14.0. The van der Waals surface area contributed by atoms with Crippen molar-refractivity contribution in [3.05, 3.63) is 299 Å². The second kappa shape index (κ2) is 30.2. The molecule has 0 unspecified atom stereocenters. The van der Waals surface area contributed by atoms with E-state index < -0.39 is 91.8 Å². The normalized spacial score (nSPS) is 14.4. The average molecular weight is 1550 g/mol. The molecule has 7 heterocycles. The van der Waals surface area contributed by atoms with E-state index in [9.17, 15) is 72.7 Å². The van der Waals surface area contributed by atoms with Crippen LogP contribution in [0.4, 0.5) is 95.7 Å². The maximum atomic E-state index is 14.0. The van der Waals surface area contributed by atoms with Gasteiger partial charge in [0.1, 0.15) is 18.0 Å². The fraction of sp³-hybridized carbons (Fsp3) is 0.165. The Bertz CT molecular complexity index is 5790. The zero-order chi connectivity index (χ0) is 81.7. The molecule has 3 aliphatic rings. The number of amides is 6. The number of anilines is 9. The van der Waals surface area contributed by atoms with Gasteiger partial charge in [0.2, 0.25) is 29.6 Å². The van der Waals surface area contributed by atoms with Crippen LogP contribution in [0.25, 0.3) is 33.4 Å². The zero-order valence-electron chi connectivity index (χ0n) is 61.6. The molecule has 3 aliphatic heterocycles. The summed E-state index contributed by atoms with van der Waals surface area (Å²) in [7, 11) is 0. The topological polar surface area (TPSA) is 238 Å². The highest BCUT2D eigenvalue weighted by Gasteiger charge is 2.51. The molecular formula is C85H65F10N13O6. The van der Waals surface area contributed by atoms with Crippen molar-refractivity contribution in [1.29, 1.82) is 0 Å². The number of aryl methyl sites for hydroxylation is 2. The number of carbonyl (C=O) groups is 6. The lowest BCUT2D eigenvalue weighted by molar-refractivity contribution is -0.141. The summed E-state index contributed by atoms with van der Waals surface area (Å²) in [6.45, 7) is 13.8. The minimum Gasteiger partial charge on any atom is -0.322 e. The van der Waals surface area contributed by atoms with E-state index in [1.165, 1.54) is 95.3 Å². The van der Waals surface area contributed by atoms with Crippen molar-refractivity contribution in [3.63, 3.8) is 0 Å². The fourth-order valence-electron chi connectivity index (χ4n) is 13.9. The third-order valence-electron chi connectivity index (χ3n) is 19.5. The Morgan fingerprint density at radius 1 is 0.386 bits per heavy atom. The van der Waals surface area contributed by atoms with Gasteiger partial charge in [0.25, 0.3) is 17.7 Å². The van der Waals surface area contributed by atoms with Gasteiger partial charge >= 0.3 is 18.5 Å². The van der Waals surface area contributed by atoms with Crippen molar-refractivity contribution in [3.8, 4) is 33.4 Å². The molecule has 6 amide bonds. The van der Waals surface area contributed by atoms with E-state index in [2.05, 4.69) is 50.8 Å². The minimum absolute atomic E-state index is 0.0208. The van der Waals surface area contributed by atoms with Gasteiger partial charge in [-0.1, -0.05) is 90.5 Å². The number of hydrogen-bond donors (Lipinski definition) is 3. The average Bonchev–Trinajstić information content (AvgIpc) is 1.58. The number of nitrogens with one attached hydrogen (secondary N) is 3. The number of pyridine rings is 1. The molecule has 19 nitrogen and oxygen atoms in total. The van der Waals surface area contributed by atoms with E-state index in [4.69, 9.17) is 0 Å². The summed E-state index contributed by atoms with van der Waals surface area (Å²) in [5, 5.41) is 7.42. The van der Waals surface area contributed by atoms with Crippen LogP contribution in [0.2, 0.25) is 0 Å². The third-order valence-corrected chi connectivity index (χ3v) is 19.5. The summed E-state index contributed by atoms with van der Waals surface area (Å²) >= 11 is 0. The number of nitrogens with zero attached hydrogens (tertiary/aromatic N) is 10. The van der Waals surface area contributed by atoms with E-state index in [0.29, 0.717) is 84.3 Å². The SMILES string of the molecule is CC1(C)C(=O)N(c2ncccn2)c2cccc(-c3ccc(C(F)(F)F)c(C(=O)Nc4ccccc4)c3)c21.Cc1ccc(NC(=O)c2cc(-c3cccc4c3C(C)(C)C(=O)N4c3ccncn3)cnc2C(F)(F)F)cc1.Cc1ccc(NC(=O)c2cc(-c3cccc4c3C(C)(C)C(=O)N4c3ncccn3)ccc2C(F)(F)F)cc1F. The maximum Gasteiger partial charge on any atom is 0.434 e. The van der Waals surface area contributed by atoms with E-state index in [-0.39, 0.29) is 40.9 Å². The van der Waals surface area contributed by atoms with Crippen LogP contribution in [0.5, 0.6) is 0 Å². The van der Waals surface area contributed by atoms with Gasteiger partial charge in [-0.15, -0.1) is 0 Å². The lowest BCUT2D eigenvalue weighted by Crippen LogP contribution is -2.34. The summed E-state index contributed by atoms with van der Waals surface area (Å²) in [6, 6.07) is 46.9. The second-order valence-corrected chi connectivity index (χ2v) is 28.3. The van der Waals surface area contributed by atoms with E-state index in [0.717, 1.165) is 36.0 Å². The molecule has 576 valence electrons. The molecule has 8 aromatic carbocycles. The second-order valence-electron chi connectivity index (χ2n) is 28.3. The molecule has 0 bridgehead atoms. The molecular weight excluding hydrogens is 1490 g/mol. The fourth-order valence-corrected chi connectivity index (χ4v) is 13.9. The Morgan fingerprint density at radius 2 is 0.798 bits per heavy atom. The number of fused-ring (bicyclic) bond motifs is 3. The van der Waals surface area contributed by atoms with Crippen LogP contribution < -0.4 is 30.7 Å². The van der Waals surface area contributed by atoms with Gasteiger partial charge in [0.05, 0.1) is 61.1 Å². The molecule has 0 fully saturated rings. The molecule has 3 N–H and O–H groups in total. The number of para-hydroxylation sites is 1. The molecule has 12 aromatic rings. The monoisotopic (exact) mass is 1550 g/mol. The molecule has 0 saturated heterocycles. The molecule has 0 aliphatic carbocycles. The molecule has 0 radical (unpaired) electrons. The van der Waals surface area contributed by atoms with Gasteiger partial charge in [0, 0.05) is 59.8 Å². The van der Waals surface area contributed by atoms with Crippen LogP contribution in [0.1, 0.15) is 117 Å². The number of rotatable bonds is 12. The first-order valence-corrected chi connectivity index (χ1v) is 35.0. The van der Waals surface area contributed by atoms with Gasteiger partial charge in [0.15, 0.2) is 5.69 Å². The largest absolute Gasteiger partial charge is 0.434 e. The zero-order valence-corrected chi connectivity index (χ0v) is 61.6. The highest BCUT2D eigenvalue weighted by molar-refractivity contribution is 6.17. The van der Waals surface area contributed by atoms with Crippen molar-refractivity contribution in [2.45, 2.75) is 90.2 Å². The van der Waals surface area contributed by atoms with Crippen molar-refractivity contribution in [2.24, 2.45) is 0 Å². The summed E-state index contributed by atoms with van der Waals surface area (Å²) < 4.78 is 139. The number of carbonyl (C=O) groups excluding carboxylic acids is 6. The van der Waals surface area contributed by atoms with Crippen LogP contribution in [-0.2, 0) is 49.2 Å². The van der Waals surface area contributed by atoms with Gasteiger partial charge in [-0.05, 0) is 209 Å². The van der Waals surface area contributed by atoms with Crippen molar-refractivity contribution >= 4 is 87.3 Å². The van der Waals surface area contributed by atoms with Gasteiger partial charge in [-0.3, -0.25) is 38.7 Å². The van der Waals surface area contributed by atoms with Crippen LogP contribution in [0.3, 0.4) is 0 Å². The lowest BCUT2D eigenvalue weighted by atomic mass is 9.81. The van der Waals surface area contributed by atoms with Crippen molar-refractivity contribution < 1.29 is 72.7 Å². The lowest BCUT2D eigenvalue weighted by Gasteiger charge is -2.21.